The number of alkyl halides is 3. The Hall–Kier alpha value is -1.44. The maximum atomic E-state index is 12.2. The molecule has 0 saturated heterocycles. The Balaban J connectivity index is 2.07. The predicted octanol–water partition coefficient (Wildman–Crippen LogP) is 1.72. The molecule has 2 rings (SSSR count). The van der Waals surface area contributed by atoms with Gasteiger partial charge in [0.15, 0.2) is 5.69 Å². The summed E-state index contributed by atoms with van der Waals surface area (Å²) in [5, 5.41) is 16.9. The maximum Gasteiger partial charge on any atom is 0.456 e. The molecule has 106 valence electrons. The number of nitrogens with zero attached hydrogens (tertiary/aromatic N) is 3. The van der Waals surface area contributed by atoms with Crippen molar-refractivity contribution in [3.63, 3.8) is 0 Å². The van der Waals surface area contributed by atoms with Crippen LogP contribution in [0.15, 0.2) is 6.20 Å². The minimum atomic E-state index is -4.96. The number of carbonyl (C=O) groups excluding carboxylic acids is 1. The molecular formula is C11H14F3N3O2. The van der Waals surface area contributed by atoms with Crippen LogP contribution in [0.3, 0.4) is 0 Å². The van der Waals surface area contributed by atoms with Crippen molar-refractivity contribution in [2.45, 2.75) is 50.4 Å². The zero-order chi connectivity index (χ0) is 14.1. The van der Waals surface area contributed by atoms with Crippen LogP contribution >= 0.6 is 0 Å². The molecule has 1 aliphatic rings. The molecule has 1 fully saturated rings. The van der Waals surface area contributed by atoms with Gasteiger partial charge in [-0.1, -0.05) is 24.5 Å². The van der Waals surface area contributed by atoms with Gasteiger partial charge in [0, 0.05) is 0 Å². The van der Waals surface area contributed by atoms with Crippen molar-refractivity contribution in [3.8, 4) is 0 Å². The Morgan fingerprint density at radius 1 is 1.37 bits per heavy atom. The van der Waals surface area contributed by atoms with Crippen LogP contribution in [0.1, 0.15) is 42.6 Å². The first-order valence-electron chi connectivity index (χ1n) is 6.04. The number of rotatable bonds is 3. The summed E-state index contributed by atoms with van der Waals surface area (Å²) >= 11 is 0. The first kappa shape index (κ1) is 14.0. The maximum absolute atomic E-state index is 12.2. The summed E-state index contributed by atoms with van der Waals surface area (Å²) < 4.78 is 37.7. The van der Waals surface area contributed by atoms with Crippen LogP contribution in [0.4, 0.5) is 13.2 Å². The second-order valence-corrected chi connectivity index (χ2v) is 4.91. The minimum absolute atomic E-state index is 0.0607. The van der Waals surface area contributed by atoms with Gasteiger partial charge < -0.3 is 5.11 Å². The van der Waals surface area contributed by atoms with Gasteiger partial charge in [-0.05, 0) is 12.8 Å². The van der Waals surface area contributed by atoms with E-state index in [4.69, 9.17) is 0 Å². The lowest BCUT2D eigenvalue weighted by Gasteiger charge is -2.31. The zero-order valence-corrected chi connectivity index (χ0v) is 10.2. The van der Waals surface area contributed by atoms with Crippen LogP contribution in [-0.2, 0) is 6.54 Å². The average molecular weight is 277 g/mol. The summed E-state index contributed by atoms with van der Waals surface area (Å²) in [4.78, 5) is 10.9. The summed E-state index contributed by atoms with van der Waals surface area (Å²) in [5.41, 5.74) is -1.71. The van der Waals surface area contributed by atoms with Crippen LogP contribution in [0.25, 0.3) is 0 Å². The molecule has 0 bridgehead atoms. The highest BCUT2D eigenvalue weighted by Gasteiger charge is 2.41. The molecule has 5 nitrogen and oxygen atoms in total. The molecule has 1 aliphatic carbocycles. The van der Waals surface area contributed by atoms with E-state index in [1.807, 2.05) is 0 Å². The van der Waals surface area contributed by atoms with Gasteiger partial charge in [-0.3, -0.25) is 4.79 Å². The van der Waals surface area contributed by atoms with E-state index >= 15 is 0 Å². The van der Waals surface area contributed by atoms with Crippen LogP contribution in [-0.4, -0.2) is 37.7 Å². The normalized spacial score (nSPS) is 19.4. The van der Waals surface area contributed by atoms with Crippen molar-refractivity contribution < 1.29 is 23.1 Å². The van der Waals surface area contributed by atoms with Gasteiger partial charge in [0.1, 0.15) is 0 Å². The highest BCUT2D eigenvalue weighted by molar-refractivity contribution is 5.98. The molecule has 19 heavy (non-hydrogen) atoms. The molecule has 1 N–H and O–H groups in total. The highest BCUT2D eigenvalue weighted by atomic mass is 19.4. The van der Waals surface area contributed by atoms with Crippen molar-refractivity contribution in [3.05, 3.63) is 11.9 Å². The molecule has 1 saturated carbocycles. The van der Waals surface area contributed by atoms with E-state index in [0.717, 1.165) is 30.1 Å². The fourth-order valence-electron chi connectivity index (χ4n) is 2.29. The number of ketones is 1. The molecule has 0 amide bonds. The second kappa shape index (κ2) is 4.92. The lowest BCUT2D eigenvalue weighted by atomic mass is 9.85. The monoisotopic (exact) mass is 277 g/mol. The van der Waals surface area contributed by atoms with E-state index in [9.17, 15) is 23.1 Å². The topological polar surface area (TPSA) is 68.0 Å². The van der Waals surface area contributed by atoms with Gasteiger partial charge in [0.2, 0.25) is 0 Å². The molecule has 0 spiro atoms. The quantitative estimate of drug-likeness (QED) is 0.854. The number of aliphatic hydroxyl groups is 1. The Kier molecular flexibility index (Phi) is 3.62. The third-order valence-electron chi connectivity index (χ3n) is 3.27. The first-order valence-corrected chi connectivity index (χ1v) is 6.04. The van der Waals surface area contributed by atoms with Gasteiger partial charge in [-0.2, -0.15) is 13.2 Å². The number of Topliss-reactive ketones (excluding diaryl/α,β-unsaturated/α-hetero) is 1. The van der Waals surface area contributed by atoms with Gasteiger partial charge in [-0.25, -0.2) is 4.68 Å². The zero-order valence-electron chi connectivity index (χ0n) is 10.2. The third kappa shape index (κ3) is 3.31. The summed E-state index contributed by atoms with van der Waals surface area (Å²) in [6.45, 7) is 0.0607. The van der Waals surface area contributed by atoms with Crippen LogP contribution in [0.2, 0.25) is 0 Å². The van der Waals surface area contributed by atoms with E-state index in [-0.39, 0.29) is 6.54 Å². The van der Waals surface area contributed by atoms with E-state index in [1.165, 1.54) is 0 Å². The number of halogens is 3. The van der Waals surface area contributed by atoms with E-state index in [1.54, 1.807) is 0 Å². The Morgan fingerprint density at radius 2 is 2.00 bits per heavy atom. The van der Waals surface area contributed by atoms with Gasteiger partial charge in [0.25, 0.3) is 5.78 Å². The molecule has 0 atom stereocenters. The summed E-state index contributed by atoms with van der Waals surface area (Å²) in [6.07, 6.45) is -0.0770. The third-order valence-corrected chi connectivity index (χ3v) is 3.27. The van der Waals surface area contributed by atoms with Crippen LogP contribution in [0.5, 0.6) is 0 Å². The first-order chi connectivity index (χ1) is 8.80. The molecular weight excluding hydrogens is 263 g/mol. The number of carbonyl (C=O) groups is 1. The van der Waals surface area contributed by atoms with Gasteiger partial charge in [0.05, 0.1) is 18.3 Å². The fraction of sp³-hybridized carbons (Fsp3) is 0.727. The number of hydrogen-bond acceptors (Lipinski definition) is 4. The molecule has 0 radical (unpaired) electrons. The predicted molar refractivity (Wildman–Crippen MR) is 58.4 cm³/mol. The molecule has 8 heteroatoms. The van der Waals surface area contributed by atoms with E-state index in [0.29, 0.717) is 12.8 Å². The summed E-state index contributed by atoms with van der Waals surface area (Å²) in [7, 11) is 0. The van der Waals surface area contributed by atoms with E-state index < -0.39 is 23.3 Å². The Labute approximate surface area is 107 Å². The molecule has 0 unspecified atom stereocenters. The number of aromatic nitrogens is 3. The largest absolute Gasteiger partial charge is 0.456 e. The van der Waals surface area contributed by atoms with Gasteiger partial charge in [-0.15, -0.1) is 5.10 Å². The average Bonchev–Trinajstić information content (AvgIpc) is 2.75. The summed E-state index contributed by atoms with van der Waals surface area (Å²) in [5.74, 6) is -2.02. The highest BCUT2D eigenvalue weighted by Crippen LogP contribution is 2.29. The standard InChI is InChI=1S/C11H14F3N3O2/c12-11(13,14)9(18)8-6-17(16-15-8)7-10(19)4-2-1-3-5-10/h6,19H,1-5,7H2. The smallest absolute Gasteiger partial charge is 0.388 e. The fourth-order valence-corrected chi connectivity index (χ4v) is 2.29. The van der Waals surface area contributed by atoms with Crippen molar-refractivity contribution >= 4 is 5.78 Å². The minimum Gasteiger partial charge on any atom is -0.388 e. The van der Waals surface area contributed by atoms with Crippen molar-refractivity contribution in [1.82, 2.24) is 15.0 Å². The SMILES string of the molecule is O=C(c1cn(CC2(O)CCCCC2)nn1)C(F)(F)F. The lowest BCUT2D eigenvalue weighted by Crippen LogP contribution is -2.36. The van der Waals surface area contributed by atoms with Crippen molar-refractivity contribution in [2.75, 3.05) is 0 Å². The Bertz CT molecular complexity index is 464. The molecule has 1 heterocycles. The summed E-state index contributed by atoms with van der Waals surface area (Å²) in [6, 6.07) is 0. The van der Waals surface area contributed by atoms with Crippen LogP contribution < -0.4 is 0 Å². The lowest BCUT2D eigenvalue weighted by molar-refractivity contribution is -0.0888. The van der Waals surface area contributed by atoms with Gasteiger partial charge >= 0.3 is 6.18 Å². The molecule has 1 aromatic heterocycles. The van der Waals surface area contributed by atoms with Crippen molar-refractivity contribution in [1.29, 1.82) is 0 Å². The second-order valence-electron chi connectivity index (χ2n) is 4.91. The molecule has 0 aromatic carbocycles. The van der Waals surface area contributed by atoms with E-state index in [2.05, 4.69) is 10.3 Å². The molecule has 1 aromatic rings. The van der Waals surface area contributed by atoms with Crippen molar-refractivity contribution in [2.24, 2.45) is 0 Å². The Morgan fingerprint density at radius 3 is 2.58 bits per heavy atom. The molecule has 0 aliphatic heterocycles. The van der Waals surface area contributed by atoms with Crippen LogP contribution in [0, 0.1) is 0 Å². The number of hydrogen-bond donors (Lipinski definition) is 1.